The van der Waals surface area contributed by atoms with Crippen LogP contribution in [0.5, 0.6) is 5.75 Å². The molecule has 0 bridgehead atoms. The van der Waals surface area contributed by atoms with E-state index in [9.17, 15) is 4.79 Å². The Labute approximate surface area is 211 Å². The molecule has 0 spiro atoms. The highest BCUT2D eigenvalue weighted by molar-refractivity contribution is 6.04. The van der Waals surface area contributed by atoms with E-state index in [1.165, 1.54) is 0 Å². The van der Waals surface area contributed by atoms with Crippen LogP contribution in [0.2, 0.25) is 0 Å². The predicted octanol–water partition coefficient (Wildman–Crippen LogP) is 5.86. The van der Waals surface area contributed by atoms with Crippen molar-refractivity contribution in [2.75, 3.05) is 33.1 Å². The molecule has 0 aliphatic heterocycles. The Kier molecular flexibility index (Phi) is 7.61. The third kappa shape index (κ3) is 5.87. The molecule has 1 aromatic heterocycles. The fraction of sp³-hybridized carbons (Fsp3) is 0.207. The second-order valence-electron chi connectivity index (χ2n) is 8.82. The lowest BCUT2D eigenvalue weighted by molar-refractivity contribution is 0.102. The van der Waals surface area contributed by atoms with Crippen LogP contribution in [0.25, 0.3) is 28.6 Å². The second kappa shape index (κ2) is 11.0. The number of aromatic nitrogens is 2. The van der Waals surface area contributed by atoms with Crippen LogP contribution < -0.4 is 10.1 Å². The van der Waals surface area contributed by atoms with Crippen molar-refractivity contribution in [2.45, 2.75) is 13.8 Å². The Bertz CT molecular complexity index is 1390. The van der Waals surface area contributed by atoms with Crippen molar-refractivity contribution >= 4 is 17.7 Å². The van der Waals surface area contributed by atoms with Gasteiger partial charge in [-0.2, -0.15) is 4.98 Å². The Morgan fingerprint density at radius 3 is 2.42 bits per heavy atom. The Morgan fingerprint density at radius 1 is 1.03 bits per heavy atom. The molecule has 0 radical (unpaired) electrons. The quantitative estimate of drug-likeness (QED) is 0.339. The van der Waals surface area contributed by atoms with Crippen molar-refractivity contribution in [3.05, 3.63) is 89.3 Å². The van der Waals surface area contributed by atoms with Crippen molar-refractivity contribution < 1.29 is 14.1 Å². The van der Waals surface area contributed by atoms with Gasteiger partial charge < -0.3 is 19.5 Å². The predicted molar refractivity (Wildman–Crippen MR) is 143 cm³/mol. The van der Waals surface area contributed by atoms with Gasteiger partial charge in [0.25, 0.3) is 5.91 Å². The maximum absolute atomic E-state index is 12.9. The first-order valence-electron chi connectivity index (χ1n) is 11.7. The van der Waals surface area contributed by atoms with E-state index in [2.05, 4.69) is 26.4 Å². The molecule has 0 saturated carbocycles. The topological polar surface area (TPSA) is 80.5 Å². The molecular weight excluding hydrogens is 452 g/mol. The summed E-state index contributed by atoms with van der Waals surface area (Å²) in [5, 5.41) is 6.97. The monoisotopic (exact) mass is 482 g/mol. The van der Waals surface area contributed by atoms with Crippen molar-refractivity contribution in [2.24, 2.45) is 0 Å². The smallest absolute Gasteiger partial charge is 0.255 e. The van der Waals surface area contributed by atoms with Crippen LogP contribution >= 0.6 is 0 Å². The molecule has 3 aromatic carbocycles. The van der Waals surface area contributed by atoms with Gasteiger partial charge in [-0.15, -0.1) is 0 Å². The van der Waals surface area contributed by atoms with Crippen LogP contribution in [0.1, 0.15) is 27.4 Å². The molecule has 4 rings (SSSR count). The van der Waals surface area contributed by atoms with Crippen LogP contribution in [-0.2, 0) is 0 Å². The van der Waals surface area contributed by atoms with E-state index in [1.807, 2.05) is 87.8 Å². The first-order valence-corrected chi connectivity index (χ1v) is 11.7. The zero-order valence-electron chi connectivity index (χ0n) is 21.2. The van der Waals surface area contributed by atoms with Gasteiger partial charge in [-0.3, -0.25) is 4.79 Å². The number of aryl methyl sites for hydroxylation is 2. The second-order valence-corrected chi connectivity index (χ2v) is 8.82. The highest BCUT2D eigenvalue weighted by Crippen LogP contribution is 2.28. The van der Waals surface area contributed by atoms with E-state index in [0.29, 0.717) is 23.0 Å². The van der Waals surface area contributed by atoms with E-state index in [4.69, 9.17) is 9.26 Å². The Hall–Kier alpha value is -4.23. The fourth-order valence-corrected chi connectivity index (χ4v) is 3.88. The van der Waals surface area contributed by atoms with Crippen molar-refractivity contribution in [1.82, 2.24) is 15.0 Å². The molecule has 1 amide bonds. The Morgan fingerprint density at radius 2 is 1.78 bits per heavy atom. The number of benzene rings is 3. The SMILES string of the molecule is COc1ccc(NC(=O)c2ccc(-c3ccc(-c4noc(C)n4)cc3C)cc2)cc1/C=C/CN(C)C. The summed E-state index contributed by atoms with van der Waals surface area (Å²) in [5.41, 5.74) is 6.28. The van der Waals surface area contributed by atoms with Crippen LogP contribution in [0.3, 0.4) is 0 Å². The number of nitrogens with one attached hydrogen (secondary N) is 1. The highest BCUT2D eigenvalue weighted by atomic mass is 16.5. The molecule has 0 fully saturated rings. The largest absolute Gasteiger partial charge is 0.496 e. The summed E-state index contributed by atoms with van der Waals surface area (Å²) in [4.78, 5) is 19.3. The third-order valence-electron chi connectivity index (χ3n) is 5.73. The minimum atomic E-state index is -0.172. The molecule has 4 aromatic rings. The highest BCUT2D eigenvalue weighted by Gasteiger charge is 2.11. The Balaban J connectivity index is 1.48. The van der Waals surface area contributed by atoms with Gasteiger partial charge in [0.15, 0.2) is 0 Å². The molecule has 7 nitrogen and oxygen atoms in total. The lowest BCUT2D eigenvalue weighted by Crippen LogP contribution is -2.12. The minimum Gasteiger partial charge on any atom is -0.496 e. The number of methoxy groups -OCH3 is 1. The zero-order chi connectivity index (χ0) is 25.7. The van der Waals surface area contributed by atoms with Crippen molar-refractivity contribution in [3.63, 3.8) is 0 Å². The molecule has 0 aliphatic rings. The van der Waals surface area contributed by atoms with E-state index in [0.717, 1.165) is 40.1 Å². The van der Waals surface area contributed by atoms with Crippen molar-refractivity contribution in [3.8, 4) is 28.3 Å². The standard InChI is InChI=1S/C29H30N4O3/c1-19-17-24(28-30-20(2)36-32-28)12-14-26(19)21-8-10-22(11-9-21)29(34)31-25-13-15-27(35-5)23(18-25)7-6-16-33(3)4/h6-15,17-18H,16H2,1-5H3,(H,31,34)/b7-6+. The number of hydrogen-bond acceptors (Lipinski definition) is 6. The first kappa shape index (κ1) is 24.9. The number of rotatable bonds is 8. The molecule has 0 saturated heterocycles. The van der Waals surface area contributed by atoms with Crippen LogP contribution in [0, 0.1) is 13.8 Å². The van der Waals surface area contributed by atoms with Crippen molar-refractivity contribution in [1.29, 1.82) is 0 Å². The average molecular weight is 483 g/mol. The molecule has 0 aliphatic carbocycles. The molecule has 0 atom stereocenters. The fourth-order valence-electron chi connectivity index (χ4n) is 3.88. The molecule has 7 heteroatoms. The molecule has 0 unspecified atom stereocenters. The van der Waals surface area contributed by atoms with E-state index in [-0.39, 0.29) is 5.91 Å². The summed E-state index contributed by atoms with van der Waals surface area (Å²) in [6.45, 7) is 4.62. The molecule has 1 heterocycles. The van der Waals surface area contributed by atoms with E-state index in [1.54, 1.807) is 14.0 Å². The summed E-state index contributed by atoms with van der Waals surface area (Å²) < 4.78 is 10.5. The lowest BCUT2D eigenvalue weighted by atomic mass is 9.97. The van der Waals surface area contributed by atoms with Gasteiger partial charge >= 0.3 is 0 Å². The molecular formula is C29H30N4O3. The number of carbonyl (C=O) groups is 1. The first-order chi connectivity index (χ1) is 17.3. The number of likely N-dealkylation sites (N-methyl/N-ethyl adjacent to an activating group) is 1. The number of amides is 1. The van der Waals surface area contributed by atoms with Crippen LogP contribution in [0.15, 0.2) is 71.3 Å². The van der Waals surface area contributed by atoms with Gasteiger partial charge in [0.1, 0.15) is 5.75 Å². The summed E-state index contributed by atoms with van der Waals surface area (Å²) >= 11 is 0. The molecule has 1 N–H and O–H groups in total. The van der Waals surface area contributed by atoms with Gasteiger partial charge in [-0.25, -0.2) is 0 Å². The molecule has 36 heavy (non-hydrogen) atoms. The maximum Gasteiger partial charge on any atom is 0.255 e. The normalized spacial score (nSPS) is 11.3. The van der Waals surface area contributed by atoms with Crippen LogP contribution in [0.4, 0.5) is 5.69 Å². The van der Waals surface area contributed by atoms with E-state index < -0.39 is 0 Å². The average Bonchev–Trinajstić information content (AvgIpc) is 3.30. The number of hydrogen-bond donors (Lipinski definition) is 1. The van der Waals surface area contributed by atoms with Gasteiger partial charge in [-0.05, 0) is 74.1 Å². The van der Waals surface area contributed by atoms with Gasteiger partial charge in [0.05, 0.1) is 7.11 Å². The van der Waals surface area contributed by atoms with E-state index >= 15 is 0 Å². The third-order valence-corrected chi connectivity index (χ3v) is 5.73. The summed E-state index contributed by atoms with van der Waals surface area (Å²) in [6.07, 6.45) is 4.05. The maximum atomic E-state index is 12.9. The summed E-state index contributed by atoms with van der Waals surface area (Å²) in [5.74, 6) is 1.69. The lowest BCUT2D eigenvalue weighted by Gasteiger charge is -2.11. The van der Waals surface area contributed by atoms with Gasteiger partial charge in [0.2, 0.25) is 11.7 Å². The van der Waals surface area contributed by atoms with Gasteiger partial charge in [0, 0.05) is 35.8 Å². The number of anilines is 1. The number of ether oxygens (including phenoxy) is 1. The molecule has 184 valence electrons. The minimum absolute atomic E-state index is 0.172. The van der Waals surface area contributed by atoms with Gasteiger partial charge in [-0.1, -0.05) is 41.6 Å². The summed E-state index contributed by atoms with van der Waals surface area (Å²) in [6, 6.07) is 19.2. The summed E-state index contributed by atoms with van der Waals surface area (Å²) in [7, 11) is 5.66. The number of nitrogens with zero attached hydrogens (tertiary/aromatic N) is 3. The number of carbonyl (C=O) groups excluding carboxylic acids is 1. The zero-order valence-corrected chi connectivity index (χ0v) is 21.2. The van der Waals surface area contributed by atoms with Crippen LogP contribution in [-0.4, -0.2) is 48.7 Å².